The fourth-order valence-electron chi connectivity index (χ4n) is 4.39. The lowest BCUT2D eigenvalue weighted by Crippen LogP contribution is -2.24. The summed E-state index contributed by atoms with van der Waals surface area (Å²) in [5.74, 6) is 0.664. The first-order chi connectivity index (χ1) is 15.5. The first-order valence-corrected chi connectivity index (χ1v) is 10.7. The highest BCUT2D eigenvalue weighted by Crippen LogP contribution is 2.29. The number of rotatable bonds is 5. The summed E-state index contributed by atoms with van der Waals surface area (Å²) in [6, 6.07) is 14.0. The van der Waals surface area contributed by atoms with Crippen LogP contribution >= 0.6 is 0 Å². The zero-order chi connectivity index (χ0) is 22.4. The lowest BCUT2D eigenvalue weighted by Gasteiger charge is -2.11. The van der Waals surface area contributed by atoms with Gasteiger partial charge in [0.25, 0.3) is 5.56 Å². The third kappa shape index (κ3) is 3.26. The van der Waals surface area contributed by atoms with E-state index in [0.717, 1.165) is 34.3 Å². The van der Waals surface area contributed by atoms with E-state index in [1.165, 1.54) is 0 Å². The second kappa shape index (κ2) is 7.84. The molecule has 0 saturated heterocycles. The minimum absolute atomic E-state index is 0.0960. The highest BCUT2D eigenvalue weighted by atomic mass is 16.5. The van der Waals surface area contributed by atoms with E-state index >= 15 is 0 Å². The zero-order valence-corrected chi connectivity index (χ0v) is 18.7. The molecule has 5 aromatic rings. The van der Waals surface area contributed by atoms with Crippen molar-refractivity contribution in [3.05, 3.63) is 69.8 Å². The molecule has 0 saturated carbocycles. The van der Waals surface area contributed by atoms with Crippen molar-refractivity contribution in [2.24, 2.45) is 0 Å². The van der Waals surface area contributed by atoms with Crippen LogP contribution in [-0.4, -0.2) is 37.8 Å². The Morgan fingerprint density at radius 2 is 1.59 bits per heavy atom. The predicted molar refractivity (Wildman–Crippen MR) is 127 cm³/mol. The van der Waals surface area contributed by atoms with Gasteiger partial charge in [0.1, 0.15) is 16.7 Å². The van der Waals surface area contributed by atoms with Gasteiger partial charge in [-0.3, -0.25) is 13.9 Å². The molecule has 0 bridgehead atoms. The molecule has 0 atom stereocenters. The van der Waals surface area contributed by atoms with Gasteiger partial charge in [-0.15, -0.1) is 0 Å². The van der Waals surface area contributed by atoms with Crippen LogP contribution in [0.3, 0.4) is 0 Å². The highest BCUT2D eigenvalue weighted by Gasteiger charge is 2.22. The van der Waals surface area contributed by atoms with E-state index in [1.807, 2.05) is 35.8 Å². The summed E-state index contributed by atoms with van der Waals surface area (Å²) in [5.41, 5.74) is 6.44. The van der Waals surface area contributed by atoms with Crippen LogP contribution in [0.25, 0.3) is 38.9 Å². The molecule has 0 amide bonds. The lowest BCUT2D eigenvalue weighted by atomic mass is 10.1. The number of ether oxygens (including phenoxy) is 1. The van der Waals surface area contributed by atoms with Crippen LogP contribution < -0.4 is 5.56 Å². The second-order valence-corrected chi connectivity index (χ2v) is 8.23. The first kappa shape index (κ1) is 20.3. The number of hydrogen-bond donors (Lipinski definition) is 0. The quantitative estimate of drug-likeness (QED) is 0.392. The van der Waals surface area contributed by atoms with E-state index in [9.17, 15) is 4.79 Å². The van der Waals surface area contributed by atoms with E-state index in [-0.39, 0.29) is 5.56 Å². The number of benzene rings is 2. The maximum atomic E-state index is 13.7. The van der Waals surface area contributed by atoms with Gasteiger partial charge in [-0.05, 0) is 62.6 Å². The minimum atomic E-state index is -0.0960. The van der Waals surface area contributed by atoms with Crippen LogP contribution in [0.15, 0.2) is 47.3 Å². The van der Waals surface area contributed by atoms with Gasteiger partial charge in [0.15, 0.2) is 11.3 Å². The summed E-state index contributed by atoms with van der Waals surface area (Å²) in [6.45, 7) is 7.12. The number of para-hydroxylation sites is 2. The van der Waals surface area contributed by atoms with Crippen LogP contribution in [0.1, 0.15) is 23.4 Å². The topological polar surface area (TPSA) is 74.8 Å². The Hall–Kier alpha value is -3.58. The van der Waals surface area contributed by atoms with Crippen molar-refractivity contribution in [1.82, 2.24) is 24.1 Å². The van der Waals surface area contributed by atoms with Crippen LogP contribution in [0, 0.1) is 20.8 Å². The highest BCUT2D eigenvalue weighted by molar-refractivity contribution is 6.05. The summed E-state index contributed by atoms with van der Waals surface area (Å²) >= 11 is 0. The van der Waals surface area contributed by atoms with Crippen molar-refractivity contribution in [2.45, 2.75) is 33.7 Å². The van der Waals surface area contributed by atoms with Gasteiger partial charge in [-0.25, -0.2) is 15.0 Å². The normalized spacial score (nSPS) is 11.8. The van der Waals surface area contributed by atoms with Crippen molar-refractivity contribution in [1.29, 1.82) is 0 Å². The molecule has 2 aromatic carbocycles. The average molecular weight is 428 g/mol. The smallest absolute Gasteiger partial charge is 0.265 e. The molecule has 0 radical (unpaired) electrons. The number of nitrogens with zero attached hydrogens (tertiary/aromatic N) is 5. The van der Waals surface area contributed by atoms with Crippen molar-refractivity contribution in [3.8, 4) is 5.69 Å². The summed E-state index contributed by atoms with van der Waals surface area (Å²) in [4.78, 5) is 28.3. The first-order valence-electron chi connectivity index (χ1n) is 10.7. The van der Waals surface area contributed by atoms with Crippen molar-refractivity contribution >= 4 is 33.2 Å². The third-order valence-electron chi connectivity index (χ3n) is 5.75. The van der Waals surface area contributed by atoms with E-state index in [4.69, 9.17) is 19.7 Å². The van der Waals surface area contributed by atoms with Crippen LogP contribution in [0.2, 0.25) is 0 Å². The van der Waals surface area contributed by atoms with Crippen molar-refractivity contribution < 1.29 is 4.74 Å². The molecule has 0 spiro atoms. The predicted octanol–water partition coefficient (Wildman–Crippen LogP) is 4.25. The summed E-state index contributed by atoms with van der Waals surface area (Å²) in [7, 11) is 1.66. The summed E-state index contributed by atoms with van der Waals surface area (Å²) < 4.78 is 8.85. The fourth-order valence-corrected chi connectivity index (χ4v) is 4.39. The molecule has 7 heteroatoms. The molecule has 32 heavy (non-hydrogen) atoms. The molecular weight excluding hydrogens is 402 g/mol. The molecule has 0 aliphatic heterocycles. The fraction of sp³-hybridized carbons (Fsp3) is 0.280. The Bertz CT molecular complexity index is 1530. The lowest BCUT2D eigenvalue weighted by molar-refractivity contribution is 0.189. The molecule has 0 N–H and O–H groups in total. The second-order valence-electron chi connectivity index (χ2n) is 8.23. The Balaban J connectivity index is 1.92. The largest absolute Gasteiger partial charge is 0.385 e. The van der Waals surface area contributed by atoms with Gasteiger partial charge < -0.3 is 4.74 Å². The van der Waals surface area contributed by atoms with E-state index < -0.39 is 0 Å². The number of fused-ring (bicyclic) bond motifs is 4. The van der Waals surface area contributed by atoms with Crippen molar-refractivity contribution in [2.75, 3.05) is 13.7 Å². The van der Waals surface area contributed by atoms with Gasteiger partial charge in [0.05, 0.1) is 11.0 Å². The van der Waals surface area contributed by atoms with E-state index in [0.29, 0.717) is 41.2 Å². The molecule has 162 valence electrons. The Kier molecular flexibility index (Phi) is 4.98. The van der Waals surface area contributed by atoms with Gasteiger partial charge in [-0.1, -0.05) is 18.2 Å². The molecule has 0 aliphatic carbocycles. The SMILES string of the molecule is COCCCn1c(C)nc2c(c1=O)c1nc3ccccc3nc1n2-c1cc(C)cc(C)c1. The molecule has 3 heterocycles. The van der Waals surface area contributed by atoms with Crippen LogP contribution in [-0.2, 0) is 11.3 Å². The van der Waals surface area contributed by atoms with Crippen molar-refractivity contribution in [3.63, 3.8) is 0 Å². The Morgan fingerprint density at radius 1 is 0.906 bits per heavy atom. The van der Waals surface area contributed by atoms with Crippen LogP contribution in [0.5, 0.6) is 0 Å². The molecule has 0 unspecified atom stereocenters. The number of aromatic nitrogens is 5. The number of aryl methyl sites for hydroxylation is 3. The summed E-state index contributed by atoms with van der Waals surface area (Å²) in [6.07, 6.45) is 0.731. The zero-order valence-electron chi connectivity index (χ0n) is 18.7. The molecule has 5 rings (SSSR count). The van der Waals surface area contributed by atoms with E-state index in [2.05, 4.69) is 32.0 Å². The maximum absolute atomic E-state index is 13.7. The van der Waals surface area contributed by atoms with Crippen LogP contribution in [0.4, 0.5) is 0 Å². The molecule has 3 aromatic heterocycles. The molecule has 7 nitrogen and oxygen atoms in total. The van der Waals surface area contributed by atoms with Gasteiger partial charge in [0.2, 0.25) is 0 Å². The Morgan fingerprint density at radius 3 is 2.28 bits per heavy atom. The number of hydrogen-bond acceptors (Lipinski definition) is 5. The van der Waals surface area contributed by atoms with E-state index in [1.54, 1.807) is 11.7 Å². The molecule has 0 aliphatic rings. The average Bonchev–Trinajstić information content (AvgIpc) is 3.06. The monoisotopic (exact) mass is 427 g/mol. The minimum Gasteiger partial charge on any atom is -0.385 e. The van der Waals surface area contributed by atoms with Gasteiger partial charge in [0, 0.05) is 25.9 Å². The standard InChI is InChI=1S/C25H25N5O2/c1-15-12-16(2)14-18(13-15)30-23-21(25(31)29(17(3)26-23)10-7-11-32-4)22-24(30)28-20-9-6-5-8-19(20)27-22/h5-6,8-9,12-14H,7,10-11H2,1-4H3. The third-order valence-corrected chi connectivity index (χ3v) is 5.75. The maximum Gasteiger partial charge on any atom is 0.265 e. The number of methoxy groups -OCH3 is 1. The Labute approximate surface area is 185 Å². The van der Waals surface area contributed by atoms with Gasteiger partial charge >= 0.3 is 0 Å². The molecule has 0 fully saturated rings. The summed E-state index contributed by atoms with van der Waals surface area (Å²) in [5, 5.41) is 0.500. The molecular formula is C25H25N5O2. The van der Waals surface area contributed by atoms with Gasteiger partial charge in [-0.2, -0.15) is 0 Å².